The largest absolute Gasteiger partial charge is 0.511 e. The van der Waals surface area contributed by atoms with Crippen LogP contribution in [-0.4, -0.2) is 15.7 Å². The second-order valence-electron chi connectivity index (χ2n) is 2.58. The Bertz CT molecular complexity index is 414. The van der Waals surface area contributed by atoms with Crippen LogP contribution in [0.3, 0.4) is 0 Å². The number of rotatable bonds is 1. The number of carbonyl (C=O) groups is 1. The number of carboxylic acid groups (broad SMARTS) is 1. The fourth-order valence-electron chi connectivity index (χ4n) is 1.19. The van der Waals surface area contributed by atoms with Crippen LogP contribution in [0.1, 0.15) is 0 Å². The SMILES string of the molecule is O=C(O)Oc1cc2ccccn2c1. The molecule has 2 aromatic rings. The van der Waals surface area contributed by atoms with Gasteiger partial charge in [0.25, 0.3) is 0 Å². The predicted molar refractivity (Wildman–Crippen MR) is 46.0 cm³/mol. The summed E-state index contributed by atoms with van der Waals surface area (Å²) in [6.45, 7) is 0. The maximum absolute atomic E-state index is 10.2. The summed E-state index contributed by atoms with van der Waals surface area (Å²) in [4.78, 5) is 10.2. The zero-order chi connectivity index (χ0) is 9.26. The van der Waals surface area contributed by atoms with E-state index >= 15 is 0 Å². The Morgan fingerprint density at radius 3 is 3.00 bits per heavy atom. The Morgan fingerprint density at radius 2 is 2.31 bits per heavy atom. The molecule has 66 valence electrons. The summed E-state index contributed by atoms with van der Waals surface area (Å²) in [5, 5.41) is 8.36. The van der Waals surface area contributed by atoms with Crippen LogP contribution in [0.15, 0.2) is 36.7 Å². The van der Waals surface area contributed by atoms with E-state index < -0.39 is 6.16 Å². The molecule has 0 aliphatic heterocycles. The fraction of sp³-hybridized carbons (Fsp3) is 0. The molecule has 0 saturated carbocycles. The minimum Gasteiger partial charge on any atom is -0.449 e. The van der Waals surface area contributed by atoms with E-state index in [1.54, 1.807) is 16.7 Å². The highest BCUT2D eigenvalue weighted by molar-refractivity contribution is 5.63. The standard InChI is InChI=1S/C9H7NO3/c11-9(12)13-8-5-7-3-1-2-4-10(7)6-8/h1-6H,(H,11,12). The molecule has 0 unspecified atom stereocenters. The Labute approximate surface area is 74.0 Å². The molecule has 2 rings (SSSR count). The molecule has 2 heterocycles. The molecular formula is C9H7NO3. The summed E-state index contributed by atoms with van der Waals surface area (Å²) >= 11 is 0. The highest BCUT2D eigenvalue weighted by Gasteiger charge is 2.03. The molecule has 4 nitrogen and oxygen atoms in total. The van der Waals surface area contributed by atoms with E-state index in [0.29, 0.717) is 5.75 Å². The Kier molecular flexibility index (Phi) is 1.66. The summed E-state index contributed by atoms with van der Waals surface area (Å²) in [7, 11) is 0. The lowest BCUT2D eigenvalue weighted by Crippen LogP contribution is -2.01. The van der Waals surface area contributed by atoms with E-state index in [1.165, 1.54) is 0 Å². The monoisotopic (exact) mass is 177 g/mol. The molecule has 0 atom stereocenters. The Balaban J connectivity index is 2.44. The lowest BCUT2D eigenvalue weighted by Gasteiger charge is -1.91. The number of aromatic nitrogens is 1. The molecule has 0 amide bonds. The third kappa shape index (κ3) is 1.46. The van der Waals surface area contributed by atoms with Crippen molar-refractivity contribution in [3.05, 3.63) is 36.7 Å². The highest BCUT2D eigenvalue weighted by atomic mass is 16.7. The molecule has 0 aliphatic rings. The maximum atomic E-state index is 10.2. The molecule has 0 radical (unpaired) electrons. The number of ether oxygens (including phenoxy) is 1. The molecule has 0 spiro atoms. The molecule has 1 N–H and O–H groups in total. The van der Waals surface area contributed by atoms with Gasteiger partial charge in [-0.15, -0.1) is 0 Å². The summed E-state index contributed by atoms with van der Waals surface area (Å²) in [5.74, 6) is 0.332. The van der Waals surface area contributed by atoms with Gasteiger partial charge in [-0.25, -0.2) is 4.79 Å². The number of pyridine rings is 1. The van der Waals surface area contributed by atoms with E-state index in [4.69, 9.17) is 5.11 Å². The Hall–Kier alpha value is -1.97. The van der Waals surface area contributed by atoms with Crippen LogP contribution >= 0.6 is 0 Å². The van der Waals surface area contributed by atoms with Gasteiger partial charge < -0.3 is 14.2 Å². The van der Waals surface area contributed by atoms with Gasteiger partial charge in [-0.3, -0.25) is 0 Å². The number of hydrogen-bond donors (Lipinski definition) is 1. The van der Waals surface area contributed by atoms with Crippen LogP contribution in [0.4, 0.5) is 4.79 Å². The van der Waals surface area contributed by atoms with Gasteiger partial charge in [0.2, 0.25) is 0 Å². The molecule has 0 aliphatic carbocycles. The van der Waals surface area contributed by atoms with Crippen molar-refractivity contribution in [3.63, 3.8) is 0 Å². The summed E-state index contributed by atoms with van der Waals surface area (Å²) in [6.07, 6.45) is 2.14. The number of nitrogens with zero attached hydrogens (tertiary/aromatic N) is 1. The summed E-state index contributed by atoms with van der Waals surface area (Å²) < 4.78 is 6.28. The van der Waals surface area contributed by atoms with Crippen molar-refractivity contribution in [2.24, 2.45) is 0 Å². The first-order valence-corrected chi connectivity index (χ1v) is 3.73. The van der Waals surface area contributed by atoms with E-state index in [9.17, 15) is 4.79 Å². The van der Waals surface area contributed by atoms with E-state index in [1.807, 2.05) is 24.4 Å². The van der Waals surface area contributed by atoms with Crippen molar-refractivity contribution < 1.29 is 14.6 Å². The predicted octanol–water partition coefficient (Wildman–Crippen LogP) is 2.00. The average Bonchev–Trinajstić information content (AvgIpc) is 2.44. The summed E-state index contributed by atoms with van der Waals surface area (Å²) in [5.41, 5.74) is 0.902. The molecule has 4 heteroatoms. The molecule has 13 heavy (non-hydrogen) atoms. The van der Waals surface area contributed by atoms with Gasteiger partial charge in [0.1, 0.15) is 0 Å². The van der Waals surface area contributed by atoms with Crippen molar-refractivity contribution >= 4 is 11.7 Å². The third-order valence-electron chi connectivity index (χ3n) is 1.68. The average molecular weight is 177 g/mol. The normalized spacial score (nSPS) is 10.2. The lowest BCUT2D eigenvalue weighted by molar-refractivity contribution is 0.144. The lowest BCUT2D eigenvalue weighted by atomic mass is 10.4. The molecule has 0 fully saturated rings. The first-order chi connectivity index (χ1) is 6.25. The second kappa shape index (κ2) is 2.82. The topological polar surface area (TPSA) is 50.9 Å². The molecular weight excluding hydrogens is 170 g/mol. The van der Waals surface area contributed by atoms with Gasteiger partial charge >= 0.3 is 6.16 Å². The van der Waals surface area contributed by atoms with Gasteiger partial charge in [-0.05, 0) is 12.1 Å². The van der Waals surface area contributed by atoms with Crippen LogP contribution in [-0.2, 0) is 0 Å². The third-order valence-corrected chi connectivity index (χ3v) is 1.68. The van der Waals surface area contributed by atoms with Crippen molar-refractivity contribution in [1.82, 2.24) is 4.40 Å². The molecule has 0 aromatic carbocycles. The number of hydrogen-bond acceptors (Lipinski definition) is 2. The van der Waals surface area contributed by atoms with Crippen LogP contribution in [0.2, 0.25) is 0 Å². The van der Waals surface area contributed by atoms with Gasteiger partial charge in [0.15, 0.2) is 5.75 Å². The smallest absolute Gasteiger partial charge is 0.449 e. The van der Waals surface area contributed by atoms with Crippen LogP contribution in [0, 0.1) is 0 Å². The zero-order valence-corrected chi connectivity index (χ0v) is 6.68. The number of fused-ring (bicyclic) bond motifs is 1. The van der Waals surface area contributed by atoms with Crippen LogP contribution < -0.4 is 4.74 Å². The van der Waals surface area contributed by atoms with Crippen LogP contribution in [0.5, 0.6) is 5.75 Å². The van der Waals surface area contributed by atoms with Gasteiger partial charge in [0.05, 0.1) is 6.20 Å². The van der Waals surface area contributed by atoms with Gasteiger partial charge in [0, 0.05) is 17.8 Å². The van der Waals surface area contributed by atoms with E-state index in [-0.39, 0.29) is 0 Å². The Morgan fingerprint density at radius 1 is 1.46 bits per heavy atom. The minimum atomic E-state index is -1.30. The fourth-order valence-corrected chi connectivity index (χ4v) is 1.19. The van der Waals surface area contributed by atoms with Crippen molar-refractivity contribution in [1.29, 1.82) is 0 Å². The quantitative estimate of drug-likeness (QED) is 0.677. The van der Waals surface area contributed by atoms with Crippen molar-refractivity contribution in [3.8, 4) is 5.75 Å². The zero-order valence-electron chi connectivity index (χ0n) is 6.68. The molecule has 2 aromatic heterocycles. The van der Waals surface area contributed by atoms with Gasteiger partial charge in [-0.1, -0.05) is 6.07 Å². The first kappa shape index (κ1) is 7.67. The van der Waals surface area contributed by atoms with Crippen molar-refractivity contribution in [2.75, 3.05) is 0 Å². The highest BCUT2D eigenvalue weighted by Crippen LogP contribution is 2.16. The van der Waals surface area contributed by atoms with E-state index in [0.717, 1.165) is 5.52 Å². The second-order valence-corrected chi connectivity index (χ2v) is 2.58. The molecule has 0 saturated heterocycles. The van der Waals surface area contributed by atoms with Crippen molar-refractivity contribution in [2.45, 2.75) is 0 Å². The van der Waals surface area contributed by atoms with Gasteiger partial charge in [-0.2, -0.15) is 0 Å². The maximum Gasteiger partial charge on any atom is 0.511 e. The first-order valence-electron chi connectivity index (χ1n) is 3.73. The summed E-state index contributed by atoms with van der Waals surface area (Å²) in [6, 6.07) is 7.26. The minimum absolute atomic E-state index is 0.332. The van der Waals surface area contributed by atoms with E-state index in [2.05, 4.69) is 4.74 Å². The molecule has 0 bridgehead atoms. The van der Waals surface area contributed by atoms with Crippen LogP contribution in [0.25, 0.3) is 5.52 Å².